The normalized spacial score (nSPS) is 11.0. The Morgan fingerprint density at radius 3 is 2.92 bits per heavy atom. The molecule has 0 aliphatic heterocycles. The van der Waals surface area contributed by atoms with E-state index in [2.05, 4.69) is 15.4 Å². The van der Waals surface area contributed by atoms with Crippen molar-refractivity contribution in [2.45, 2.75) is 6.54 Å². The van der Waals surface area contributed by atoms with Crippen LogP contribution in [0.4, 0.5) is 4.39 Å². The third-order valence-corrected chi connectivity index (χ3v) is 5.08. The lowest BCUT2D eigenvalue weighted by atomic mass is 10.2. The van der Waals surface area contributed by atoms with E-state index < -0.39 is 5.82 Å². The van der Waals surface area contributed by atoms with Crippen molar-refractivity contribution in [3.8, 4) is 5.13 Å². The van der Waals surface area contributed by atoms with Crippen molar-refractivity contribution in [1.82, 2.24) is 20.1 Å². The average molecular weight is 387 g/mol. The van der Waals surface area contributed by atoms with Gasteiger partial charge in [0, 0.05) is 12.7 Å². The highest BCUT2D eigenvalue weighted by Crippen LogP contribution is 2.24. The van der Waals surface area contributed by atoms with Gasteiger partial charge in [-0.05, 0) is 29.8 Å². The van der Waals surface area contributed by atoms with Crippen LogP contribution in [0, 0.1) is 5.82 Å². The number of fused-ring (bicyclic) bond motifs is 1. The Bertz CT molecular complexity index is 1070. The van der Waals surface area contributed by atoms with Crippen molar-refractivity contribution in [3.05, 3.63) is 76.8 Å². The molecule has 26 heavy (non-hydrogen) atoms. The van der Waals surface area contributed by atoms with Crippen LogP contribution in [0.2, 0.25) is 5.02 Å². The Morgan fingerprint density at radius 2 is 2.12 bits per heavy atom. The van der Waals surface area contributed by atoms with E-state index in [-0.39, 0.29) is 17.5 Å². The predicted molar refractivity (Wildman–Crippen MR) is 99.3 cm³/mol. The number of amides is 1. The highest BCUT2D eigenvalue weighted by molar-refractivity contribution is 7.20. The number of benzene rings is 2. The number of carbonyl (C=O) groups is 1. The summed E-state index contributed by atoms with van der Waals surface area (Å²) in [5.74, 6) is -0.767. The van der Waals surface area contributed by atoms with Gasteiger partial charge in [-0.1, -0.05) is 41.1 Å². The molecule has 5 nitrogen and oxygen atoms in total. The fourth-order valence-electron chi connectivity index (χ4n) is 2.44. The minimum Gasteiger partial charge on any atom is -0.348 e. The molecular weight excluding hydrogens is 375 g/mol. The lowest BCUT2D eigenvalue weighted by Crippen LogP contribution is -2.22. The molecule has 2 aromatic heterocycles. The number of carbonyl (C=O) groups excluding carboxylic acids is 1. The van der Waals surface area contributed by atoms with Crippen LogP contribution in [-0.4, -0.2) is 20.7 Å². The van der Waals surface area contributed by atoms with E-state index in [1.54, 1.807) is 16.9 Å². The molecule has 0 atom stereocenters. The Hall–Kier alpha value is -2.77. The summed E-state index contributed by atoms with van der Waals surface area (Å²) in [6.45, 7) is 0.241. The number of para-hydroxylation sites is 1. The molecule has 0 saturated heterocycles. The second-order valence-electron chi connectivity index (χ2n) is 5.57. The molecule has 130 valence electrons. The van der Waals surface area contributed by atoms with Gasteiger partial charge in [0.25, 0.3) is 5.91 Å². The fraction of sp³-hybridized carbons (Fsp3) is 0.0556. The first-order valence-corrected chi connectivity index (χ1v) is 8.92. The Kier molecular flexibility index (Phi) is 4.40. The number of halogens is 2. The second-order valence-corrected chi connectivity index (χ2v) is 6.99. The summed E-state index contributed by atoms with van der Waals surface area (Å²) < 4.78 is 15.8. The summed E-state index contributed by atoms with van der Waals surface area (Å²) in [5.41, 5.74) is 2.02. The van der Waals surface area contributed by atoms with Crippen molar-refractivity contribution < 1.29 is 9.18 Å². The van der Waals surface area contributed by atoms with Crippen molar-refractivity contribution >= 4 is 39.1 Å². The second kappa shape index (κ2) is 6.86. The first-order valence-electron chi connectivity index (χ1n) is 7.73. The van der Waals surface area contributed by atoms with Gasteiger partial charge in [-0.15, -0.1) is 0 Å². The van der Waals surface area contributed by atoms with Crippen LogP contribution < -0.4 is 5.32 Å². The Balaban J connectivity index is 1.48. The van der Waals surface area contributed by atoms with E-state index in [0.29, 0.717) is 16.3 Å². The van der Waals surface area contributed by atoms with E-state index in [9.17, 15) is 9.18 Å². The number of aromatic nitrogens is 3. The van der Waals surface area contributed by atoms with Gasteiger partial charge in [0.2, 0.25) is 5.13 Å². The van der Waals surface area contributed by atoms with Gasteiger partial charge < -0.3 is 5.32 Å². The van der Waals surface area contributed by atoms with Crippen molar-refractivity contribution in [3.63, 3.8) is 0 Å². The maximum Gasteiger partial charge on any atom is 0.254 e. The van der Waals surface area contributed by atoms with Gasteiger partial charge in [0.15, 0.2) is 0 Å². The van der Waals surface area contributed by atoms with Crippen LogP contribution in [0.1, 0.15) is 15.9 Å². The molecule has 1 amide bonds. The SMILES string of the molecule is O=C(NCc1ccc(F)c(Cl)c1)c1cnn(-c2nc3ccccc3s2)c1. The van der Waals surface area contributed by atoms with Crippen LogP contribution in [-0.2, 0) is 6.54 Å². The van der Waals surface area contributed by atoms with Gasteiger partial charge in [-0.3, -0.25) is 4.79 Å². The quantitative estimate of drug-likeness (QED) is 0.571. The molecule has 0 radical (unpaired) electrons. The topological polar surface area (TPSA) is 59.8 Å². The predicted octanol–water partition coefficient (Wildman–Crippen LogP) is 4.20. The van der Waals surface area contributed by atoms with Gasteiger partial charge in [0.05, 0.1) is 27.0 Å². The molecule has 0 spiro atoms. The molecule has 0 bridgehead atoms. The van der Waals surface area contributed by atoms with Gasteiger partial charge >= 0.3 is 0 Å². The standard InChI is InChI=1S/C18H12ClFN4OS/c19-13-7-11(5-6-14(13)20)8-21-17(25)12-9-22-24(10-12)18-23-15-3-1-2-4-16(15)26-18/h1-7,9-10H,8H2,(H,21,25). The minimum atomic E-state index is -0.487. The summed E-state index contributed by atoms with van der Waals surface area (Å²) in [6, 6.07) is 12.1. The van der Waals surface area contributed by atoms with E-state index >= 15 is 0 Å². The molecule has 0 unspecified atom stereocenters. The number of hydrogen-bond acceptors (Lipinski definition) is 4. The zero-order valence-electron chi connectivity index (χ0n) is 13.3. The molecule has 0 aliphatic rings. The molecule has 4 rings (SSSR count). The van der Waals surface area contributed by atoms with Crippen molar-refractivity contribution in [2.24, 2.45) is 0 Å². The third-order valence-electron chi connectivity index (χ3n) is 3.76. The summed E-state index contributed by atoms with van der Waals surface area (Å²) in [4.78, 5) is 16.8. The molecule has 0 fully saturated rings. The van der Waals surface area contributed by atoms with E-state index in [1.165, 1.54) is 29.7 Å². The monoisotopic (exact) mass is 386 g/mol. The molecule has 0 aliphatic carbocycles. The molecule has 2 aromatic carbocycles. The average Bonchev–Trinajstić information content (AvgIpc) is 3.29. The van der Waals surface area contributed by atoms with Crippen LogP contribution in [0.15, 0.2) is 54.9 Å². The van der Waals surface area contributed by atoms with E-state index in [1.807, 2.05) is 24.3 Å². The molecule has 4 aromatic rings. The number of nitrogens with zero attached hydrogens (tertiary/aromatic N) is 3. The zero-order chi connectivity index (χ0) is 18.1. The lowest BCUT2D eigenvalue weighted by molar-refractivity contribution is 0.0951. The van der Waals surface area contributed by atoms with E-state index in [0.717, 1.165) is 10.2 Å². The van der Waals surface area contributed by atoms with Gasteiger partial charge in [-0.25, -0.2) is 14.1 Å². The fourth-order valence-corrected chi connectivity index (χ4v) is 3.54. The highest BCUT2D eigenvalue weighted by Gasteiger charge is 2.12. The third kappa shape index (κ3) is 3.31. The summed E-state index contributed by atoms with van der Waals surface area (Å²) in [5, 5.41) is 7.70. The molecule has 2 heterocycles. The summed E-state index contributed by atoms with van der Waals surface area (Å²) in [6.07, 6.45) is 3.11. The largest absolute Gasteiger partial charge is 0.348 e. The number of hydrogen-bond donors (Lipinski definition) is 1. The van der Waals surface area contributed by atoms with Gasteiger partial charge in [0.1, 0.15) is 5.82 Å². The number of rotatable bonds is 4. The minimum absolute atomic E-state index is 0.0282. The maximum absolute atomic E-state index is 13.2. The van der Waals surface area contributed by atoms with Crippen LogP contribution in [0.3, 0.4) is 0 Å². The Morgan fingerprint density at radius 1 is 1.27 bits per heavy atom. The van der Waals surface area contributed by atoms with Gasteiger partial charge in [-0.2, -0.15) is 5.10 Å². The van der Waals surface area contributed by atoms with Crippen LogP contribution in [0.25, 0.3) is 15.3 Å². The first kappa shape index (κ1) is 16.7. The first-order chi connectivity index (χ1) is 12.6. The lowest BCUT2D eigenvalue weighted by Gasteiger charge is -2.04. The molecule has 0 saturated carbocycles. The summed E-state index contributed by atoms with van der Waals surface area (Å²) >= 11 is 7.24. The number of thiazole rings is 1. The highest BCUT2D eigenvalue weighted by atomic mass is 35.5. The van der Waals surface area contributed by atoms with Crippen LogP contribution >= 0.6 is 22.9 Å². The molecule has 1 N–H and O–H groups in total. The molecule has 8 heteroatoms. The van der Waals surface area contributed by atoms with Crippen molar-refractivity contribution in [1.29, 1.82) is 0 Å². The smallest absolute Gasteiger partial charge is 0.254 e. The van der Waals surface area contributed by atoms with Crippen LogP contribution in [0.5, 0.6) is 0 Å². The zero-order valence-corrected chi connectivity index (χ0v) is 14.9. The van der Waals surface area contributed by atoms with E-state index in [4.69, 9.17) is 11.6 Å². The summed E-state index contributed by atoms with van der Waals surface area (Å²) in [7, 11) is 0. The Labute approximate surface area is 157 Å². The maximum atomic E-state index is 13.2. The number of nitrogens with one attached hydrogen (secondary N) is 1. The van der Waals surface area contributed by atoms with Crippen molar-refractivity contribution in [2.75, 3.05) is 0 Å². The molecular formula is C18H12ClFN4OS.